The van der Waals surface area contributed by atoms with Gasteiger partial charge in [-0.2, -0.15) is 18.2 Å². The Morgan fingerprint density at radius 1 is 0.966 bits per heavy atom. The highest BCUT2D eigenvalue weighted by atomic mass is 19.4. The van der Waals surface area contributed by atoms with Crippen molar-refractivity contribution < 1.29 is 13.2 Å². The van der Waals surface area contributed by atoms with Crippen LogP contribution in [-0.2, 0) is 6.18 Å². The number of rotatable bonds is 6. The average molecular weight is 400 g/mol. The van der Waals surface area contributed by atoms with Crippen molar-refractivity contribution in [3.8, 4) is 0 Å². The van der Waals surface area contributed by atoms with Crippen molar-refractivity contribution in [2.45, 2.75) is 39.3 Å². The van der Waals surface area contributed by atoms with Crippen LogP contribution in [0.2, 0.25) is 0 Å². The molecule has 3 aromatic rings. The Balaban J connectivity index is 2.01. The SMILES string of the molecule is CCC(C)c1ccccc1Nc1nc(Nc2ccccc2C)ncc1C(F)(F)F. The molecule has 1 aromatic heterocycles. The van der Waals surface area contributed by atoms with E-state index in [0.717, 1.165) is 29.4 Å². The van der Waals surface area contributed by atoms with E-state index in [1.807, 2.05) is 57.2 Å². The molecule has 29 heavy (non-hydrogen) atoms. The van der Waals surface area contributed by atoms with Crippen molar-refractivity contribution in [3.63, 3.8) is 0 Å². The maximum Gasteiger partial charge on any atom is 0.421 e. The van der Waals surface area contributed by atoms with Gasteiger partial charge in [0.05, 0.1) is 0 Å². The number of alkyl halides is 3. The molecule has 0 radical (unpaired) electrons. The molecule has 0 aliphatic carbocycles. The smallest absolute Gasteiger partial charge is 0.339 e. The summed E-state index contributed by atoms with van der Waals surface area (Å²) in [7, 11) is 0. The quantitative estimate of drug-likeness (QED) is 0.477. The number of hydrogen-bond donors (Lipinski definition) is 2. The molecule has 2 aromatic carbocycles. The van der Waals surface area contributed by atoms with E-state index in [9.17, 15) is 13.2 Å². The van der Waals surface area contributed by atoms with Crippen LogP contribution in [0.15, 0.2) is 54.7 Å². The number of hydrogen-bond acceptors (Lipinski definition) is 4. The van der Waals surface area contributed by atoms with Gasteiger partial charge in [0, 0.05) is 17.6 Å². The third-order valence-electron chi connectivity index (χ3n) is 4.84. The average Bonchev–Trinajstić information content (AvgIpc) is 2.69. The number of para-hydroxylation sites is 2. The maximum atomic E-state index is 13.6. The number of anilines is 4. The van der Waals surface area contributed by atoms with Gasteiger partial charge in [0.25, 0.3) is 0 Å². The first-order valence-corrected chi connectivity index (χ1v) is 9.42. The second kappa shape index (κ2) is 8.51. The standard InChI is InChI=1S/C22H23F3N4/c1-4-14(2)16-10-6-8-12-19(16)27-20-17(22(23,24)25)13-26-21(29-20)28-18-11-7-5-9-15(18)3/h5-14H,4H2,1-3H3,(H2,26,27,28,29). The van der Waals surface area contributed by atoms with Gasteiger partial charge in [-0.05, 0) is 42.5 Å². The normalized spacial score (nSPS) is 12.5. The van der Waals surface area contributed by atoms with E-state index >= 15 is 0 Å². The molecule has 0 amide bonds. The predicted octanol–water partition coefficient (Wildman–Crippen LogP) is 6.80. The summed E-state index contributed by atoms with van der Waals surface area (Å²) in [4.78, 5) is 8.02. The highest BCUT2D eigenvalue weighted by Gasteiger charge is 2.35. The summed E-state index contributed by atoms with van der Waals surface area (Å²) in [5.41, 5.74) is 2.31. The Hall–Kier alpha value is -3.09. The van der Waals surface area contributed by atoms with Gasteiger partial charge in [-0.1, -0.05) is 50.2 Å². The molecule has 1 atom stereocenters. The van der Waals surface area contributed by atoms with Crippen LogP contribution in [0.4, 0.5) is 36.3 Å². The van der Waals surface area contributed by atoms with E-state index in [0.29, 0.717) is 5.69 Å². The number of halogens is 3. The molecule has 0 spiro atoms. The molecule has 0 aliphatic heterocycles. The summed E-state index contributed by atoms with van der Waals surface area (Å²) in [6, 6.07) is 14.8. The lowest BCUT2D eigenvalue weighted by molar-refractivity contribution is -0.137. The van der Waals surface area contributed by atoms with E-state index < -0.39 is 11.7 Å². The van der Waals surface area contributed by atoms with E-state index in [-0.39, 0.29) is 17.7 Å². The zero-order chi connectivity index (χ0) is 21.0. The molecule has 0 aliphatic rings. The first-order chi connectivity index (χ1) is 13.8. The van der Waals surface area contributed by atoms with Gasteiger partial charge in [-0.25, -0.2) is 4.98 Å². The fraction of sp³-hybridized carbons (Fsp3) is 0.273. The van der Waals surface area contributed by atoms with Crippen molar-refractivity contribution in [3.05, 3.63) is 71.4 Å². The number of aromatic nitrogens is 2. The molecule has 1 heterocycles. The fourth-order valence-corrected chi connectivity index (χ4v) is 2.97. The highest BCUT2D eigenvalue weighted by molar-refractivity contribution is 5.66. The Kier molecular flexibility index (Phi) is 6.06. The Morgan fingerprint density at radius 3 is 2.28 bits per heavy atom. The highest BCUT2D eigenvalue weighted by Crippen LogP contribution is 2.37. The van der Waals surface area contributed by atoms with Gasteiger partial charge >= 0.3 is 6.18 Å². The molecule has 0 saturated heterocycles. The molecule has 0 saturated carbocycles. The second-order valence-electron chi connectivity index (χ2n) is 6.92. The van der Waals surface area contributed by atoms with Crippen LogP contribution in [0.3, 0.4) is 0 Å². The number of nitrogens with one attached hydrogen (secondary N) is 2. The van der Waals surface area contributed by atoms with Gasteiger partial charge in [0.15, 0.2) is 0 Å². The van der Waals surface area contributed by atoms with Gasteiger partial charge in [0.2, 0.25) is 5.95 Å². The first kappa shape index (κ1) is 20.6. The molecule has 152 valence electrons. The van der Waals surface area contributed by atoms with Crippen molar-refractivity contribution in [2.75, 3.05) is 10.6 Å². The summed E-state index contributed by atoms with van der Waals surface area (Å²) in [6.07, 6.45) is -2.90. The topological polar surface area (TPSA) is 49.8 Å². The maximum absolute atomic E-state index is 13.6. The van der Waals surface area contributed by atoms with Crippen LogP contribution in [-0.4, -0.2) is 9.97 Å². The van der Waals surface area contributed by atoms with E-state index in [4.69, 9.17) is 0 Å². The number of aryl methyl sites for hydroxylation is 1. The minimum atomic E-state index is -4.57. The predicted molar refractivity (Wildman–Crippen MR) is 110 cm³/mol. The number of benzene rings is 2. The molecular formula is C22H23F3N4. The molecular weight excluding hydrogens is 377 g/mol. The molecule has 4 nitrogen and oxygen atoms in total. The summed E-state index contributed by atoms with van der Waals surface area (Å²) in [5.74, 6) is 0.00889. The van der Waals surface area contributed by atoms with E-state index in [1.165, 1.54) is 0 Å². The first-order valence-electron chi connectivity index (χ1n) is 9.42. The van der Waals surface area contributed by atoms with Crippen molar-refractivity contribution in [2.24, 2.45) is 0 Å². The molecule has 2 N–H and O–H groups in total. The van der Waals surface area contributed by atoms with Gasteiger partial charge in [0.1, 0.15) is 11.4 Å². The molecule has 7 heteroatoms. The van der Waals surface area contributed by atoms with Gasteiger partial charge < -0.3 is 10.6 Å². The van der Waals surface area contributed by atoms with Crippen molar-refractivity contribution in [1.82, 2.24) is 9.97 Å². The summed E-state index contributed by atoms with van der Waals surface area (Å²) in [5, 5.41) is 5.89. The Morgan fingerprint density at radius 2 is 1.62 bits per heavy atom. The summed E-state index contributed by atoms with van der Waals surface area (Å²) >= 11 is 0. The van der Waals surface area contributed by atoms with Crippen molar-refractivity contribution >= 4 is 23.1 Å². The van der Waals surface area contributed by atoms with Crippen LogP contribution in [0.1, 0.15) is 42.9 Å². The minimum Gasteiger partial charge on any atom is -0.339 e. The lowest BCUT2D eigenvalue weighted by atomic mass is 9.97. The van der Waals surface area contributed by atoms with Gasteiger partial charge in [-0.15, -0.1) is 0 Å². The lowest BCUT2D eigenvalue weighted by Gasteiger charge is -2.19. The monoisotopic (exact) mass is 400 g/mol. The van der Waals surface area contributed by atoms with Crippen LogP contribution >= 0.6 is 0 Å². The second-order valence-corrected chi connectivity index (χ2v) is 6.92. The Labute approximate surface area is 168 Å². The zero-order valence-electron chi connectivity index (χ0n) is 16.5. The molecule has 0 bridgehead atoms. The van der Waals surface area contributed by atoms with Crippen LogP contribution in [0.5, 0.6) is 0 Å². The molecule has 0 fully saturated rings. The zero-order valence-corrected chi connectivity index (χ0v) is 16.5. The van der Waals surface area contributed by atoms with Crippen LogP contribution in [0.25, 0.3) is 0 Å². The minimum absolute atomic E-state index is 0.0934. The van der Waals surface area contributed by atoms with E-state index in [2.05, 4.69) is 20.6 Å². The van der Waals surface area contributed by atoms with Crippen molar-refractivity contribution in [1.29, 1.82) is 0 Å². The van der Waals surface area contributed by atoms with E-state index in [1.54, 1.807) is 12.1 Å². The summed E-state index contributed by atoms with van der Waals surface area (Å²) in [6.45, 7) is 5.97. The molecule has 3 rings (SSSR count). The largest absolute Gasteiger partial charge is 0.421 e. The fourth-order valence-electron chi connectivity index (χ4n) is 2.97. The molecule has 1 unspecified atom stereocenters. The third-order valence-corrected chi connectivity index (χ3v) is 4.84. The van der Waals surface area contributed by atoms with Crippen LogP contribution < -0.4 is 10.6 Å². The Bertz CT molecular complexity index is 986. The lowest BCUT2D eigenvalue weighted by Crippen LogP contribution is -2.13. The van der Waals surface area contributed by atoms with Gasteiger partial charge in [-0.3, -0.25) is 0 Å². The van der Waals surface area contributed by atoms with Crippen LogP contribution in [0, 0.1) is 6.92 Å². The third kappa shape index (κ3) is 4.85. The summed E-state index contributed by atoms with van der Waals surface area (Å²) < 4.78 is 40.7. The number of nitrogens with zero attached hydrogens (tertiary/aromatic N) is 2.